The number of amides is 1. The van der Waals surface area contributed by atoms with E-state index in [0.717, 1.165) is 17.4 Å². The van der Waals surface area contributed by atoms with Crippen molar-refractivity contribution in [2.75, 3.05) is 11.0 Å². The van der Waals surface area contributed by atoms with Gasteiger partial charge in [-0.25, -0.2) is 8.42 Å². The second-order valence-electron chi connectivity index (χ2n) is 6.70. The first-order valence-electron chi connectivity index (χ1n) is 8.89. The first-order valence-corrected chi connectivity index (χ1v) is 10.8. The first kappa shape index (κ1) is 19.7. The number of anilines is 1. The predicted molar refractivity (Wildman–Crippen MR) is 111 cm³/mol. The van der Waals surface area contributed by atoms with Gasteiger partial charge < -0.3 is 9.88 Å². The molecule has 0 saturated heterocycles. The number of aromatic nitrogens is 1. The van der Waals surface area contributed by atoms with Crippen molar-refractivity contribution in [2.45, 2.75) is 19.5 Å². The fourth-order valence-corrected chi connectivity index (χ4v) is 3.53. The topological polar surface area (TPSA) is 80.2 Å². The summed E-state index contributed by atoms with van der Waals surface area (Å²) in [7, 11) is -3.35. The minimum Gasteiger partial charge on any atom is -0.344 e. The van der Waals surface area contributed by atoms with Crippen molar-refractivity contribution in [3.05, 3.63) is 89.7 Å². The van der Waals surface area contributed by atoms with Gasteiger partial charge in [0.25, 0.3) is 5.91 Å². The van der Waals surface area contributed by atoms with Crippen LogP contribution in [-0.2, 0) is 16.6 Å². The van der Waals surface area contributed by atoms with Crippen LogP contribution in [0.2, 0.25) is 0 Å². The van der Waals surface area contributed by atoms with Crippen molar-refractivity contribution >= 4 is 21.6 Å². The van der Waals surface area contributed by atoms with Crippen LogP contribution < -0.4 is 10.0 Å². The van der Waals surface area contributed by atoms with Crippen molar-refractivity contribution in [3.63, 3.8) is 0 Å². The monoisotopic (exact) mass is 397 g/mol. The maximum absolute atomic E-state index is 12.8. The van der Waals surface area contributed by atoms with Crippen LogP contribution in [0, 0.1) is 0 Å². The third-order valence-corrected chi connectivity index (χ3v) is 4.90. The molecular formula is C21H23N3O3S. The maximum atomic E-state index is 12.8. The van der Waals surface area contributed by atoms with Crippen LogP contribution in [0.5, 0.6) is 0 Å². The van der Waals surface area contributed by atoms with E-state index in [4.69, 9.17) is 0 Å². The largest absolute Gasteiger partial charge is 0.344 e. The molecule has 0 aliphatic heterocycles. The number of benzene rings is 2. The van der Waals surface area contributed by atoms with Crippen molar-refractivity contribution in [1.29, 1.82) is 0 Å². The molecule has 6 nitrogen and oxygen atoms in total. The molecule has 3 aromatic rings. The zero-order valence-electron chi connectivity index (χ0n) is 15.8. The Bertz CT molecular complexity index is 1060. The van der Waals surface area contributed by atoms with E-state index in [1.54, 1.807) is 24.3 Å². The lowest BCUT2D eigenvalue weighted by Crippen LogP contribution is -2.28. The number of hydrogen-bond donors (Lipinski definition) is 2. The summed E-state index contributed by atoms with van der Waals surface area (Å²) >= 11 is 0. The Morgan fingerprint density at radius 1 is 1.04 bits per heavy atom. The Labute approximate surface area is 165 Å². The minimum atomic E-state index is -3.35. The Morgan fingerprint density at radius 3 is 2.50 bits per heavy atom. The Balaban J connectivity index is 1.72. The third-order valence-electron chi connectivity index (χ3n) is 4.30. The number of carbonyl (C=O) groups excluding carboxylic acids is 1. The molecule has 3 rings (SSSR count). The number of hydrogen-bond acceptors (Lipinski definition) is 3. The molecule has 146 valence electrons. The molecule has 0 bridgehead atoms. The van der Waals surface area contributed by atoms with Gasteiger partial charge in [0.1, 0.15) is 5.69 Å². The van der Waals surface area contributed by atoms with Crippen LogP contribution in [0.1, 0.15) is 34.6 Å². The van der Waals surface area contributed by atoms with E-state index in [1.807, 2.05) is 60.2 Å². The summed E-state index contributed by atoms with van der Waals surface area (Å²) in [4.78, 5) is 12.8. The molecule has 28 heavy (non-hydrogen) atoms. The van der Waals surface area contributed by atoms with Crippen molar-refractivity contribution in [2.24, 2.45) is 0 Å². The van der Waals surface area contributed by atoms with Crippen molar-refractivity contribution < 1.29 is 13.2 Å². The lowest BCUT2D eigenvalue weighted by atomic mass is 10.1. The number of nitrogens with zero attached hydrogens (tertiary/aromatic N) is 1. The average Bonchev–Trinajstić information content (AvgIpc) is 3.09. The fourth-order valence-electron chi connectivity index (χ4n) is 2.98. The second-order valence-corrected chi connectivity index (χ2v) is 8.45. The van der Waals surface area contributed by atoms with E-state index in [0.29, 0.717) is 17.9 Å². The smallest absolute Gasteiger partial charge is 0.268 e. The highest BCUT2D eigenvalue weighted by Crippen LogP contribution is 2.19. The minimum absolute atomic E-state index is 0.185. The fraction of sp³-hybridized carbons (Fsp3) is 0.190. The van der Waals surface area contributed by atoms with Gasteiger partial charge >= 0.3 is 0 Å². The van der Waals surface area contributed by atoms with Crippen LogP contribution in [-0.4, -0.2) is 25.1 Å². The second kappa shape index (κ2) is 8.31. The summed E-state index contributed by atoms with van der Waals surface area (Å²) in [6.45, 7) is 2.47. The average molecular weight is 398 g/mol. The SMILES string of the molecule is CC(NC(=O)c1cccn1Cc1ccccc1)c1cccc(NS(C)(=O)=O)c1. The Hall–Kier alpha value is -3.06. The van der Waals surface area contributed by atoms with Gasteiger partial charge in [0.05, 0.1) is 12.3 Å². The first-order chi connectivity index (χ1) is 13.3. The van der Waals surface area contributed by atoms with Crippen molar-refractivity contribution in [3.8, 4) is 0 Å². The lowest BCUT2D eigenvalue weighted by Gasteiger charge is -2.17. The summed E-state index contributed by atoms with van der Waals surface area (Å²) < 4.78 is 27.2. The molecule has 1 atom stereocenters. The summed E-state index contributed by atoms with van der Waals surface area (Å²) in [6.07, 6.45) is 2.98. The van der Waals surface area contributed by atoms with E-state index in [1.165, 1.54) is 0 Å². The molecule has 1 aromatic heterocycles. The van der Waals surface area contributed by atoms with E-state index in [-0.39, 0.29) is 11.9 Å². The van der Waals surface area contributed by atoms with Crippen LogP contribution in [0.25, 0.3) is 0 Å². The Morgan fingerprint density at radius 2 is 1.79 bits per heavy atom. The normalized spacial score (nSPS) is 12.4. The quantitative estimate of drug-likeness (QED) is 0.641. The summed E-state index contributed by atoms with van der Waals surface area (Å²) in [5.41, 5.74) is 2.96. The van der Waals surface area contributed by atoms with Gasteiger partial charge in [-0.3, -0.25) is 9.52 Å². The van der Waals surface area contributed by atoms with Crippen LogP contribution in [0.15, 0.2) is 72.9 Å². The molecule has 2 aromatic carbocycles. The van der Waals surface area contributed by atoms with Gasteiger partial charge in [-0.2, -0.15) is 0 Å². The lowest BCUT2D eigenvalue weighted by molar-refractivity contribution is 0.0931. The van der Waals surface area contributed by atoms with E-state index in [2.05, 4.69) is 10.0 Å². The molecule has 0 radical (unpaired) electrons. The van der Waals surface area contributed by atoms with Crippen molar-refractivity contribution in [1.82, 2.24) is 9.88 Å². The molecule has 1 heterocycles. The number of nitrogens with one attached hydrogen (secondary N) is 2. The van der Waals surface area contributed by atoms with Crippen LogP contribution >= 0.6 is 0 Å². The van der Waals surface area contributed by atoms with Gasteiger partial charge in [-0.15, -0.1) is 0 Å². The standard InChI is InChI=1S/C21H23N3O3S/c1-16(18-10-6-11-19(14-18)23-28(2,26)27)22-21(25)20-12-7-13-24(20)15-17-8-4-3-5-9-17/h3-14,16,23H,15H2,1-2H3,(H,22,25). The van der Waals surface area contributed by atoms with Crippen LogP contribution in [0.3, 0.4) is 0 Å². The zero-order chi connectivity index (χ0) is 20.1. The molecule has 1 unspecified atom stereocenters. The van der Waals surface area contributed by atoms with Crippen LogP contribution in [0.4, 0.5) is 5.69 Å². The molecule has 0 spiro atoms. The van der Waals surface area contributed by atoms with E-state index >= 15 is 0 Å². The summed E-state index contributed by atoms with van der Waals surface area (Å²) in [6, 6.07) is 20.3. The molecule has 0 aliphatic carbocycles. The molecule has 7 heteroatoms. The molecule has 0 aliphatic rings. The molecule has 2 N–H and O–H groups in total. The van der Waals surface area contributed by atoms with Gasteiger partial charge in [0.15, 0.2) is 0 Å². The van der Waals surface area contributed by atoms with Gasteiger partial charge in [0, 0.05) is 18.4 Å². The summed E-state index contributed by atoms with van der Waals surface area (Å²) in [5.74, 6) is -0.185. The zero-order valence-corrected chi connectivity index (χ0v) is 16.6. The highest BCUT2D eigenvalue weighted by atomic mass is 32.2. The maximum Gasteiger partial charge on any atom is 0.268 e. The highest BCUT2D eigenvalue weighted by Gasteiger charge is 2.15. The Kier molecular flexibility index (Phi) is 5.84. The third kappa shape index (κ3) is 5.23. The molecular weight excluding hydrogens is 374 g/mol. The van der Waals surface area contributed by atoms with Gasteiger partial charge in [0.2, 0.25) is 10.0 Å². The highest BCUT2D eigenvalue weighted by molar-refractivity contribution is 7.92. The number of carbonyl (C=O) groups is 1. The van der Waals surface area contributed by atoms with Gasteiger partial charge in [-0.1, -0.05) is 42.5 Å². The molecule has 0 saturated carbocycles. The number of sulfonamides is 1. The van der Waals surface area contributed by atoms with Gasteiger partial charge in [-0.05, 0) is 42.3 Å². The number of rotatable bonds is 7. The van der Waals surface area contributed by atoms with E-state index in [9.17, 15) is 13.2 Å². The molecule has 1 amide bonds. The molecule has 0 fully saturated rings. The predicted octanol–water partition coefficient (Wildman–Crippen LogP) is 3.40. The van der Waals surface area contributed by atoms with E-state index < -0.39 is 10.0 Å². The summed E-state index contributed by atoms with van der Waals surface area (Å²) in [5, 5.41) is 2.98.